The Morgan fingerprint density at radius 1 is 1.18 bits per heavy atom. The minimum Gasteiger partial charge on any atom is -0.322 e. The second-order valence-electron chi connectivity index (χ2n) is 6.06. The molecule has 7 nitrogen and oxygen atoms in total. The maximum atomic E-state index is 12.7. The molecular weight excluding hydrogens is 376 g/mol. The highest BCUT2D eigenvalue weighted by Crippen LogP contribution is 2.29. The van der Waals surface area contributed by atoms with Crippen molar-refractivity contribution in [3.63, 3.8) is 0 Å². The fraction of sp³-hybridized carbons (Fsp3) is 0.0500. The van der Waals surface area contributed by atoms with Crippen LogP contribution in [0.4, 0.5) is 5.69 Å². The minimum absolute atomic E-state index is 0.250. The van der Waals surface area contributed by atoms with Crippen LogP contribution in [0.5, 0.6) is 0 Å². The van der Waals surface area contributed by atoms with Crippen LogP contribution in [-0.4, -0.2) is 26.0 Å². The number of hydrogen-bond donors (Lipinski definition) is 2. The molecule has 0 unspecified atom stereocenters. The van der Waals surface area contributed by atoms with Crippen molar-refractivity contribution in [3.05, 3.63) is 83.7 Å². The van der Waals surface area contributed by atoms with E-state index in [1.807, 2.05) is 18.2 Å². The van der Waals surface area contributed by atoms with E-state index >= 15 is 0 Å². The SMILES string of the molecule is Cc1nc(-[n+]2cnc[nH]2)ccc1C(=O)Nc1ccc(Cl)c(-c2ccccn2)c1. The number of amides is 1. The fourth-order valence-corrected chi connectivity index (χ4v) is 3.01. The van der Waals surface area contributed by atoms with E-state index in [1.54, 1.807) is 60.8 Å². The molecule has 0 aliphatic carbocycles. The average molecular weight is 392 g/mol. The molecule has 1 amide bonds. The zero-order chi connectivity index (χ0) is 19.5. The van der Waals surface area contributed by atoms with Gasteiger partial charge in [0.25, 0.3) is 11.7 Å². The Balaban J connectivity index is 1.59. The highest BCUT2D eigenvalue weighted by molar-refractivity contribution is 6.33. The Kier molecular flexibility index (Phi) is 4.82. The molecule has 4 rings (SSSR count). The first kappa shape index (κ1) is 17.8. The quantitative estimate of drug-likeness (QED) is 0.522. The first-order valence-electron chi connectivity index (χ1n) is 8.52. The number of nitrogens with zero attached hydrogens (tertiary/aromatic N) is 4. The lowest BCUT2D eigenvalue weighted by molar-refractivity contribution is -0.660. The lowest BCUT2D eigenvalue weighted by atomic mass is 10.1. The number of nitrogens with one attached hydrogen (secondary N) is 2. The Morgan fingerprint density at radius 3 is 2.79 bits per heavy atom. The van der Waals surface area contributed by atoms with Gasteiger partial charge < -0.3 is 5.32 Å². The molecule has 138 valence electrons. The number of aromatic amines is 1. The number of halogens is 1. The largest absolute Gasteiger partial charge is 0.322 e. The standard InChI is InChI=1S/C20H15ClN6O/c1-13-15(6-8-19(25-13)27-12-22-11-24-27)20(28)26-14-5-7-17(21)16(10-14)18-4-2-3-9-23-18/h2-12H,1H3,(H,26,28)/p+1. The second-order valence-corrected chi connectivity index (χ2v) is 6.47. The van der Waals surface area contributed by atoms with Crippen LogP contribution >= 0.6 is 11.6 Å². The number of carbonyl (C=O) groups excluding carboxylic acids is 1. The molecule has 0 bridgehead atoms. The molecule has 0 spiro atoms. The van der Waals surface area contributed by atoms with Gasteiger partial charge in [0.05, 0.1) is 16.3 Å². The second kappa shape index (κ2) is 7.58. The van der Waals surface area contributed by atoms with Gasteiger partial charge in [-0.3, -0.25) is 9.78 Å². The van der Waals surface area contributed by atoms with Crippen LogP contribution < -0.4 is 10.00 Å². The van der Waals surface area contributed by atoms with Gasteiger partial charge in [0.1, 0.15) is 5.69 Å². The molecule has 3 heterocycles. The third-order valence-corrected chi connectivity index (χ3v) is 4.51. The van der Waals surface area contributed by atoms with Gasteiger partial charge in [-0.1, -0.05) is 22.7 Å². The molecule has 4 aromatic rings. The minimum atomic E-state index is -0.250. The van der Waals surface area contributed by atoms with Gasteiger partial charge in [-0.25, -0.2) is 5.10 Å². The van der Waals surface area contributed by atoms with E-state index in [2.05, 4.69) is 25.4 Å². The maximum Gasteiger partial charge on any atom is 0.284 e. The van der Waals surface area contributed by atoms with E-state index in [-0.39, 0.29) is 5.91 Å². The van der Waals surface area contributed by atoms with Gasteiger partial charge in [0.15, 0.2) is 6.33 Å². The van der Waals surface area contributed by atoms with Crippen LogP contribution in [0.25, 0.3) is 17.1 Å². The number of hydrogen-bond acceptors (Lipinski definition) is 4. The molecule has 0 aliphatic rings. The molecule has 0 radical (unpaired) electrons. The normalized spacial score (nSPS) is 10.6. The van der Waals surface area contributed by atoms with Crippen molar-refractivity contribution < 1.29 is 9.48 Å². The van der Waals surface area contributed by atoms with Crippen molar-refractivity contribution in [2.24, 2.45) is 0 Å². The summed E-state index contributed by atoms with van der Waals surface area (Å²) in [6.07, 6.45) is 4.86. The summed E-state index contributed by atoms with van der Waals surface area (Å²) in [5.41, 5.74) is 3.21. The number of rotatable bonds is 4. The molecule has 28 heavy (non-hydrogen) atoms. The van der Waals surface area contributed by atoms with Crippen molar-refractivity contribution in [3.8, 4) is 17.1 Å². The topological polar surface area (TPSA) is 87.4 Å². The van der Waals surface area contributed by atoms with Crippen LogP contribution in [0.3, 0.4) is 0 Å². The number of benzene rings is 1. The number of anilines is 1. The van der Waals surface area contributed by atoms with Crippen molar-refractivity contribution >= 4 is 23.2 Å². The van der Waals surface area contributed by atoms with Gasteiger partial charge in [-0.15, -0.1) is 9.67 Å². The highest BCUT2D eigenvalue weighted by Gasteiger charge is 2.16. The van der Waals surface area contributed by atoms with Gasteiger partial charge in [-0.2, -0.15) is 0 Å². The van der Waals surface area contributed by atoms with E-state index in [0.717, 1.165) is 11.3 Å². The molecule has 3 aromatic heterocycles. The molecule has 1 aromatic carbocycles. The summed E-state index contributed by atoms with van der Waals surface area (Å²) in [6, 6.07) is 14.4. The van der Waals surface area contributed by atoms with Crippen LogP contribution in [0.15, 0.2) is 67.4 Å². The predicted octanol–water partition coefficient (Wildman–Crippen LogP) is 3.36. The number of carbonyl (C=O) groups is 1. The van der Waals surface area contributed by atoms with Crippen LogP contribution in [0, 0.1) is 6.92 Å². The summed E-state index contributed by atoms with van der Waals surface area (Å²) in [7, 11) is 0. The summed E-state index contributed by atoms with van der Waals surface area (Å²) in [6.45, 7) is 1.79. The van der Waals surface area contributed by atoms with Crippen LogP contribution in [0.1, 0.15) is 16.1 Å². The molecule has 0 fully saturated rings. The van der Waals surface area contributed by atoms with E-state index in [4.69, 9.17) is 11.6 Å². The van der Waals surface area contributed by atoms with Crippen molar-refractivity contribution in [2.45, 2.75) is 6.92 Å². The summed E-state index contributed by atoms with van der Waals surface area (Å²) in [5.74, 6) is 0.399. The first-order valence-corrected chi connectivity index (χ1v) is 8.90. The highest BCUT2D eigenvalue weighted by atomic mass is 35.5. The maximum absolute atomic E-state index is 12.7. The first-order chi connectivity index (χ1) is 13.6. The lowest BCUT2D eigenvalue weighted by Gasteiger charge is -2.09. The number of aryl methyl sites for hydroxylation is 1. The molecular formula is C20H16ClN6O+. The van der Waals surface area contributed by atoms with Crippen LogP contribution in [0.2, 0.25) is 5.02 Å². The number of H-pyrrole nitrogens is 1. The smallest absolute Gasteiger partial charge is 0.284 e. The Hall–Kier alpha value is -3.58. The molecule has 0 atom stereocenters. The summed E-state index contributed by atoms with van der Waals surface area (Å²) >= 11 is 6.30. The van der Waals surface area contributed by atoms with Gasteiger partial charge in [0, 0.05) is 23.5 Å². The third-order valence-electron chi connectivity index (χ3n) is 4.18. The Morgan fingerprint density at radius 2 is 2.07 bits per heavy atom. The summed E-state index contributed by atoms with van der Waals surface area (Å²) in [5, 5.41) is 6.38. The van der Waals surface area contributed by atoms with Crippen molar-refractivity contribution in [1.29, 1.82) is 0 Å². The van der Waals surface area contributed by atoms with Crippen LogP contribution in [-0.2, 0) is 0 Å². The lowest BCUT2D eigenvalue weighted by Crippen LogP contribution is -2.33. The third kappa shape index (κ3) is 3.60. The monoisotopic (exact) mass is 391 g/mol. The Bertz CT molecular complexity index is 1130. The molecule has 2 N–H and O–H groups in total. The fourth-order valence-electron chi connectivity index (χ4n) is 2.80. The molecule has 0 saturated carbocycles. The number of aromatic nitrogens is 5. The number of pyridine rings is 2. The Labute approximate surface area is 166 Å². The van der Waals surface area contributed by atoms with E-state index in [0.29, 0.717) is 27.8 Å². The van der Waals surface area contributed by atoms with Crippen molar-refractivity contribution in [2.75, 3.05) is 5.32 Å². The zero-order valence-electron chi connectivity index (χ0n) is 14.9. The summed E-state index contributed by atoms with van der Waals surface area (Å²) < 4.78 is 1.66. The summed E-state index contributed by atoms with van der Waals surface area (Å²) in [4.78, 5) is 25.5. The van der Waals surface area contributed by atoms with Crippen molar-refractivity contribution in [1.82, 2.24) is 20.1 Å². The zero-order valence-corrected chi connectivity index (χ0v) is 15.7. The predicted molar refractivity (Wildman–Crippen MR) is 105 cm³/mol. The van der Waals surface area contributed by atoms with Gasteiger partial charge in [-0.05, 0) is 43.3 Å². The van der Waals surface area contributed by atoms with E-state index in [9.17, 15) is 4.79 Å². The molecule has 0 aliphatic heterocycles. The molecule has 0 saturated heterocycles. The van der Waals surface area contributed by atoms with E-state index in [1.165, 1.54) is 0 Å². The van der Waals surface area contributed by atoms with E-state index < -0.39 is 0 Å². The van der Waals surface area contributed by atoms with Gasteiger partial charge in [0.2, 0.25) is 6.33 Å². The average Bonchev–Trinajstić information content (AvgIpc) is 3.25. The molecule has 8 heteroatoms. The van der Waals surface area contributed by atoms with Gasteiger partial charge >= 0.3 is 0 Å².